The fourth-order valence-electron chi connectivity index (χ4n) is 6.17. The van der Waals surface area contributed by atoms with E-state index in [-0.39, 0.29) is 11.6 Å². The molecule has 6 rings (SSSR count). The van der Waals surface area contributed by atoms with E-state index >= 15 is 0 Å². The molecule has 6 aromatic rings. The van der Waals surface area contributed by atoms with Crippen LogP contribution in [0.2, 0.25) is 0 Å². The molecule has 220 valence electrons. The summed E-state index contributed by atoms with van der Waals surface area (Å²) in [6.45, 7) is 4.05. The number of hydrogen-bond acceptors (Lipinski definition) is 3. The monoisotopic (exact) mass is 602 g/mol. The predicted octanol–water partition coefficient (Wildman–Crippen LogP) is 10.2. The smallest absolute Gasteiger partial charge is 0.177 e. The molecule has 0 spiro atoms. The van der Waals surface area contributed by atoms with Crippen LogP contribution in [0.5, 0.6) is 0 Å². The highest BCUT2D eigenvalue weighted by molar-refractivity contribution is 7.99. The van der Waals surface area contributed by atoms with Crippen LogP contribution in [0.25, 0.3) is 0 Å². The Labute approximate surface area is 269 Å². The lowest BCUT2D eigenvalue weighted by atomic mass is 9.71. The average molecular weight is 603 g/mol. The highest BCUT2D eigenvalue weighted by Crippen LogP contribution is 2.46. The van der Waals surface area contributed by atoms with Crippen molar-refractivity contribution in [1.29, 1.82) is 0 Å². The molecule has 0 aromatic heterocycles. The molecule has 3 heteroatoms. The zero-order chi connectivity index (χ0) is 31.3. The van der Waals surface area contributed by atoms with E-state index in [9.17, 15) is 9.59 Å². The van der Waals surface area contributed by atoms with Crippen molar-refractivity contribution in [2.24, 2.45) is 0 Å². The van der Waals surface area contributed by atoms with Crippen molar-refractivity contribution in [2.75, 3.05) is 0 Å². The summed E-state index contributed by atoms with van der Waals surface area (Å²) in [5.41, 5.74) is 3.10. The molecule has 0 aliphatic rings. The van der Waals surface area contributed by atoms with Crippen LogP contribution in [-0.2, 0) is 10.8 Å². The summed E-state index contributed by atoms with van der Waals surface area (Å²) in [5, 5.41) is 0. The van der Waals surface area contributed by atoms with Crippen molar-refractivity contribution in [3.8, 4) is 0 Å². The first-order valence-electron chi connectivity index (χ1n) is 15.1. The number of benzene rings is 6. The molecule has 2 nitrogen and oxygen atoms in total. The van der Waals surface area contributed by atoms with Crippen molar-refractivity contribution in [3.63, 3.8) is 0 Å². The van der Waals surface area contributed by atoms with Gasteiger partial charge in [-0.25, -0.2) is 0 Å². The number of carbonyl (C=O) groups is 2. The van der Waals surface area contributed by atoms with Gasteiger partial charge in [0.1, 0.15) is 0 Å². The summed E-state index contributed by atoms with van der Waals surface area (Å²) in [4.78, 5) is 30.9. The van der Waals surface area contributed by atoms with E-state index in [4.69, 9.17) is 0 Å². The lowest BCUT2D eigenvalue weighted by molar-refractivity contribution is 0.0914. The van der Waals surface area contributed by atoms with E-state index in [1.807, 2.05) is 159 Å². The molecule has 0 saturated carbocycles. The first-order chi connectivity index (χ1) is 21.9. The van der Waals surface area contributed by atoms with Gasteiger partial charge in [-0.15, -0.1) is 0 Å². The Bertz CT molecular complexity index is 1780. The molecule has 0 amide bonds. The Balaban J connectivity index is 1.52. The van der Waals surface area contributed by atoms with Gasteiger partial charge in [0.25, 0.3) is 0 Å². The van der Waals surface area contributed by atoms with Crippen LogP contribution in [0.3, 0.4) is 0 Å². The first-order valence-corrected chi connectivity index (χ1v) is 15.9. The average Bonchev–Trinajstić information content (AvgIpc) is 3.12. The minimum atomic E-state index is -0.955. The van der Waals surface area contributed by atoms with E-state index in [2.05, 4.69) is 24.3 Å². The van der Waals surface area contributed by atoms with Gasteiger partial charge in [0.05, 0.1) is 10.8 Å². The fourth-order valence-corrected chi connectivity index (χ4v) is 7.47. The molecule has 0 bridgehead atoms. The summed E-state index contributed by atoms with van der Waals surface area (Å²) in [6.07, 6.45) is 0. The van der Waals surface area contributed by atoms with Crippen molar-refractivity contribution in [3.05, 3.63) is 203 Å². The van der Waals surface area contributed by atoms with E-state index in [0.29, 0.717) is 11.1 Å². The maximum Gasteiger partial charge on any atom is 0.177 e. The lowest BCUT2D eigenvalue weighted by Gasteiger charge is -2.33. The molecule has 0 aliphatic carbocycles. The molecule has 0 aliphatic heterocycles. The quantitative estimate of drug-likeness (QED) is 0.146. The largest absolute Gasteiger partial charge is 0.293 e. The minimum Gasteiger partial charge on any atom is -0.293 e. The van der Waals surface area contributed by atoms with Gasteiger partial charge in [-0.2, -0.15) is 0 Å². The third-order valence-corrected chi connectivity index (χ3v) is 9.91. The molecule has 2 atom stereocenters. The number of hydrogen-bond donors (Lipinski definition) is 0. The SMILES string of the molecule is CC(C(=O)c1ccccc1)(c1ccccc1)c1ccccc1Sc1ccccc1C(C)(C(=O)c1ccccc1)c1ccccc1. The Kier molecular flexibility index (Phi) is 8.64. The second-order valence-electron chi connectivity index (χ2n) is 11.5. The van der Waals surface area contributed by atoms with Crippen LogP contribution in [-0.4, -0.2) is 11.6 Å². The maximum absolute atomic E-state index is 14.5. The van der Waals surface area contributed by atoms with Crippen molar-refractivity contribution in [2.45, 2.75) is 34.5 Å². The molecular formula is C42H34O2S. The summed E-state index contributed by atoms with van der Waals surface area (Å²) in [5.74, 6) is 0.0630. The van der Waals surface area contributed by atoms with Crippen LogP contribution >= 0.6 is 11.8 Å². The molecule has 0 heterocycles. The van der Waals surface area contributed by atoms with Crippen LogP contribution in [0.4, 0.5) is 0 Å². The number of rotatable bonds is 10. The molecule has 6 aromatic carbocycles. The molecule has 0 N–H and O–H groups in total. The van der Waals surface area contributed by atoms with Gasteiger partial charge in [-0.3, -0.25) is 9.59 Å². The van der Waals surface area contributed by atoms with Gasteiger partial charge in [-0.1, -0.05) is 169 Å². The van der Waals surface area contributed by atoms with E-state index in [0.717, 1.165) is 32.0 Å². The van der Waals surface area contributed by atoms with Gasteiger partial charge < -0.3 is 0 Å². The lowest BCUT2D eigenvalue weighted by Crippen LogP contribution is -2.35. The predicted molar refractivity (Wildman–Crippen MR) is 184 cm³/mol. The van der Waals surface area contributed by atoms with Crippen molar-refractivity contribution >= 4 is 23.3 Å². The summed E-state index contributed by atoms with van der Waals surface area (Å²) < 4.78 is 0. The zero-order valence-electron chi connectivity index (χ0n) is 25.4. The van der Waals surface area contributed by atoms with Gasteiger partial charge in [0, 0.05) is 20.9 Å². The highest BCUT2D eigenvalue weighted by atomic mass is 32.2. The van der Waals surface area contributed by atoms with Crippen LogP contribution in [0, 0.1) is 0 Å². The maximum atomic E-state index is 14.5. The molecule has 0 fully saturated rings. The molecule has 0 radical (unpaired) electrons. The second-order valence-corrected chi connectivity index (χ2v) is 12.6. The Morgan fingerprint density at radius 2 is 0.689 bits per heavy atom. The van der Waals surface area contributed by atoms with Crippen LogP contribution in [0.15, 0.2) is 180 Å². The number of carbonyl (C=O) groups excluding carboxylic acids is 2. The standard InChI is InChI=1S/C42H34O2S/c1-41(33-23-11-5-12-24-33,39(43)31-19-7-3-8-20-31)35-27-15-17-29-37(35)45-38-30-18-16-28-36(38)42(2,34-25-13-6-14-26-34)40(44)32-21-9-4-10-22-32/h3-30H,1-2H3. The first kappa shape index (κ1) is 30.1. The van der Waals surface area contributed by atoms with Gasteiger partial charge in [-0.05, 0) is 48.2 Å². The van der Waals surface area contributed by atoms with Gasteiger partial charge in [0.15, 0.2) is 11.6 Å². The Hall–Kier alpha value is -4.99. The third kappa shape index (κ3) is 5.68. The van der Waals surface area contributed by atoms with Gasteiger partial charge in [0.2, 0.25) is 0 Å². The fraction of sp³-hybridized carbons (Fsp3) is 0.0952. The second kappa shape index (κ2) is 12.9. The third-order valence-electron chi connectivity index (χ3n) is 8.75. The molecular weight excluding hydrogens is 569 g/mol. The summed E-state index contributed by atoms with van der Waals surface area (Å²) >= 11 is 1.60. The highest BCUT2D eigenvalue weighted by Gasteiger charge is 2.41. The summed E-state index contributed by atoms with van der Waals surface area (Å²) in [6, 6.07) is 55.3. The number of Topliss-reactive ketones (excluding diaryl/α,β-unsaturated/α-hetero) is 2. The zero-order valence-corrected chi connectivity index (χ0v) is 26.2. The number of ketones is 2. The van der Waals surface area contributed by atoms with Crippen LogP contribution in [0.1, 0.15) is 56.8 Å². The summed E-state index contributed by atoms with van der Waals surface area (Å²) in [7, 11) is 0. The molecule has 0 saturated heterocycles. The molecule has 45 heavy (non-hydrogen) atoms. The van der Waals surface area contributed by atoms with Crippen molar-refractivity contribution in [1.82, 2.24) is 0 Å². The normalized spacial score (nSPS) is 13.7. The Morgan fingerprint density at radius 1 is 0.400 bits per heavy atom. The van der Waals surface area contributed by atoms with Crippen molar-refractivity contribution < 1.29 is 9.59 Å². The Morgan fingerprint density at radius 3 is 1.04 bits per heavy atom. The van der Waals surface area contributed by atoms with Gasteiger partial charge >= 0.3 is 0 Å². The van der Waals surface area contributed by atoms with E-state index in [1.165, 1.54) is 0 Å². The van der Waals surface area contributed by atoms with Crippen LogP contribution < -0.4 is 0 Å². The van der Waals surface area contributed by atoms with E-state index in [1.54, 1.807) is 11.8 Å². The van der Waals surface area contributed by atoms with E-state index < -0.39 is 10.8 Å². The minimum absolute atomic E-state index is 0.0315. The molecule has 2 unspecified atom stereocenters. The topological polar surface area (TPSA) is 34.1 Å².